The number of hydrogen-bond acceptors (Lipinski definition) is 3. The molecule has 0 aliphatic carbocycles. The summed E-state index contributed by atoms with van der Waals surface area (Å²) in [6.07, 6.45) is 2.09. The van der Waals surface area contributed by atoms with Crippen LogP contribution in [0.15, 0.2) is 33.6 Å². The Morgan fingerprint density at radius 3 is 2.35 bits per heavy atom. The Kier molecular flexibility index (Phi) is 4.34. The molecule has 1 aromatic rings. The van der Waals surface area contributed by atoms with Crippen molar-refractivity contribution in [2.24, 2.45) is 0 Å². The van der Waals surface area contributed by atoms with Crippen molar-refractivity contribution in [3.05, 3.63) is 34.3 Å². The van der Waals surface area contributed by atoms with E-state index in [0.29, 0.717) is 11.0 Å². The number of carbonyl (C=O) groups is 1. The van der Waals surface area contributed by atoms with Crippen LogP contribution in [0.1, 0.15) is 18.9 Å². The molecule has 0 aromatic heterocycles. The fraction of sp³-hybridized carbons (Fsp3) is 0.357. The summed E-state index contributed by atoms with van der Waals surface area (Å²) in [4.78, 5) is 14.1. The topological polar surface area (TPSA) is 54.5 Å². The minimum absolute atomic E-state index is 0.00552. The Bertz CT molecular complexity index is 662. The van der Waals surface area contributed by atoms with Gasteiger partial charge in [-0.3, -0.25) is 4.79 Å². The SMILES string of the molecule is CCCN1CC(c2ccc(S(C)(=O)=O)cc2)=C(Br)C1=O. The second kappa shape index (κ2) is 5.69. The zero-order valence-electron chi connectivity index (χ0n) is 11.4. The summed E-state index contributed by atoms with van der Waals surface area (Å²) in [6.45, 7) is 3.31. The molecule has 108 valence electrons. The van der Waals surface area contributed by atoms with Gasteiger partial charge < -0.3 is 4.90 Å². The summed E-state index contributed by atoms with van der Waals surface area (Å²) in [5.41, 5.74) is 1.78. The monoisotopic (exact) mass is 357 g/mol. The van der Waals surface area contributed by atoms with Gasteiger partial charge in [-0.05, 0) is 45.6 Å². The standard InChI is InChI=1S/C14H16BrNO3S/c1-3-8-16-9-12(13(15)14(16)17)10-4-6-11(7-5-10)20(2,18)19/h4-7H,3,8-9H2,1-2H3. The molecule has 0 spiro atoms. The van der Waals surface area contributed by atoms with E-state index < -0.39 is 9.84 Å². The van der Waals surface area contributed by atoms with E-state index in [0.717, 1.165) is 24.1 Å². The van der Waals surface area contributed by atoms with E-state index in [1.165, 1.54) is 6.26 Å². The maximum absolute atomic E-state index is 12.0. The minimum Gasteiger partial charge on any atom is -0.334 e. The van der Waals surface area contributed by atoms with Crippen molar-refractivity contribution >= 4 is 37.2 Å². The molecule has 1 aliphatic heterocycles. The van der Waals surface area contributed by atoms with Gasteiger partial charge in [0.15, 0.2) is 9.84 Å². The Balaban J connectivity index is 2.31. The summed E-state index contributed by atoms with van der Waals surface area (Å²) in [6, 6.07) is 6.64. The van der Waals surface area contributed by atoms with E-state index in [-0.39, 0.29) is 10.8 Å². The molecule has 0 fully saturated rings. The van der Waals surface area contributed by atoms with Crippen LogP contribution in [0.2, 0.25) is 0 Å². The lowest BCUT2D eigenvalue weighted by atomic mass is 10.1. The molecular weight excluding hydrogens is 342 g/mol. The van der Waals surface area contributed by atoms with Crippen LogP contribution in [0.3, 0.4) is 0 Å². The van der Waals surface area contributed by atoms with Crippen LogP contribution >= 0.6 is 15.9 Å². The number of amides is 1. The zero-order valence-corrected chi connectivity index (χ0v) is 13.8. The molecule has 0 saturated carbocycles. The molecule has 0 bridgehead atoms. The number of carbonyl (C=O) groups excluding carboxylic acids is 1. The highest BCUT2D eigenvalue weighted by Gasteiger charge is 2.28. The van der Waals surface area contributed by atoms with E-state index in [4.69, 9.17) is 0 Å². The molecular formula is C14H16BrNO3S. The van der Waals surface area contributed by atoms with Crippen molar-refractivity contribution in [3.63, 3.8) is 0 Å². The third-order valence-corrected chi connectivity index (χ3v) is 5.16. The predicted octanol–water partition coefficient (Wildman–Crippen LogP) is 2.45. The van der Waals surface area contributed by atoms with Crippen LogP contribution in [-0.2, 0) is 14.6 Å². The molecule has 20 heavy (non-hydrogen) atoms. The second-order valence-electron chi connectivity index (χ2n) is 4.82. The lowest BCUT2D eigenvalue weighted by Gasteiger charge is -2.15. The third-order valence-electron chi connectivity index (χ3n) is 3.21. The molecule has 2 rings (SSSR count). The van der Waals surface area contributed by atoms with Crippen molar-refractivity contribution in [1.82, 2.24) is 4.90 Å². The van der Waals surface area contributed by atoms with Gasteiger partial charge in [0.05, 0.1) is 9.38 Å². The Labute approximate surface area is 127 Å². The molecule has 1 heterocycles. The highest BCUT2D eigenvalue weighted by molar-refractivity contribution is 9.12. The van der Waals surface area contributed by atoms with Crippen LogP contribution in [0.4, 0.5) is 0 Å². The number of halogens is 1. The predicted molar refractivity (Wildman–Crippen MR) is 82.3 cm³/mol. The summed E-state index contributed by atoms with van der Waals surface area (Å²) in [5.74, 6) is -0.00552. The molecule has 0 unspecified atom stereocenters. The first kappa shape index (κ1) is 15.3. The van der Waals surface area contributed by atoms with Crippen molar-refractivity contribution in [2.75, 3.05) is 19.3 Å². The summed E-state index contributed by atoms with van der Waals surface area (Å²) in [7, 11) is -3.19. The van der Waals surface area contributed by atoms with E-state index >= 15 is 0 Å². The molecule has 0 N–H and O–H groups in total. The average Bonchev–Trinajstić information content (AvgIpc) is 2.67. The van der Waals surface area contributed by atoms with Gasteiger partial charge in [-0.2, -0.15) is 0 Å². The van der Waals surface area contributed by atoms with Crippen LogP contribution < -0.4 is 0 Å². The van der Waals surface area contributed by atoms with E-state index in [1.54, 1.807) is 29.2 Å². The largest absolute Gasteiger partial charge is 0.334 e. The molecule has 0 radical (unpaired) electrons. The van der Waals surface area contributed by atoms with Gasteiger partial charge in [-0.15, -0.1) is 0 Å². The maximum atomic E-state index is 12.0. The van der Waals surface area contributed by atoms with Gasteiger partial charge in [0.1, 0.15) is 0 Å². The number of hydrogen-bond donors (Lipinski definition) is 0. The summed E-state index contributed by atoms with van der Waals surface area (Å²) in [5, 5.41) is 0. The molecule has 6 heteroatoms. The van der Waals surface area contributed by atoms with Crippen molar-refractivity contribution < 1.29 is 13.2 Å². The van der Waals surface area contributed by atoms with Crippen molar-refractivity contribution in [2.45, 2.75) is 18.2 Å². The summed E-state index contributed by atoms with van der Waals surface area (Å²) >= 11 is 3.35. The van der Waals surface area contributed by atoms with Gasteiger partial charge >= 0.3 is 0 Å². The summed E-state index contributed by atoms with van der Waals surface area (Å²) < 4.78 is 23.4. The van der Waals surface area contributed by atoms with E-state index in [2.05, 4.69) is 15.9 Å². The highest BCUT2D eigenvalue weighted by Crippen LogP contribution is 2.32. The Morgan fingerprint density at radius 2 is 1.85 bits per heavy atom. The zero-order chi connectivity index (χ0) is 14.9. The van der Waals surface area contributed by atoms with E-state index in [1.807, 2.05) is 6.92 Å². The first-order chi connectivity index (χ1) is 9.34. The van der Waals surface area contributed by atoms with Crippen LogP contribution in [0.5, 0.6) is 0 Å². The number of nitrogens with zero attached hydrogens (tertiary/aromatic N) is 1. The van der Waals surface area contributed by atoms with Gasteiger partial charge in [0.25, 0.3) is 5.91 Å². The fourth-order valence-corrected chi connectivity index (χ4v) is 3.41. The van der Waals surface area contributed by atoms with Crippen LogP contribution in [-0.4, -0.2) is 38.6 Å². The highest BCUT2D eigenvalue weighted by atomic mass is 79.9. The molecule has 4 nitrogen and oxygen atoms in total. The average molecular weight is 358 g/mol. The quantitative estimate of drug-likeness (QED) is 0.831. The number of sulfone groups is 1. The minimum atomic E-state index is -3.19. The smallest absolute Gasteiger partial charge is 0.261 e. The van der Waals surface area contributed by atoms with Crippen LogP contribution in [0, 0.1) is 0 Å². The normalized spacial score (nSPS) is 16.1. The molecule has 1 amide bonds. The first-order valence-electron chi connectivity index (χ1n) is 6.33. The number of benzene rings is 1. The molecule has 0 saturated heterocycles. The Hall–Kier alpha value is -1.14. The molecule has 0 atom stereocenters. The molecule has 1 aliphatic rings. The van der Waals surface area contributed by atoms with Crippen molar-refractivity contribution in [1.29, 1.82) is 0 Å². The Morgan fingerprint density at radius 1 is 1.25 bits per heavy atom. The van der Waals surface area contributed by atoms with Gasteiger partial charge in [0, 0.05) is 19.3 Å². The van der Waals surface area contributed by atoms with E-state index in [9.17, 15) is 13.2 Å². The van der Waals surface area contributed by atoms with Gasteiger partial charge in [-0.25, -0.2) is 8.42 Å². The second-order valence-corrected chi connectivity index (χ2v) is 7.62. The first-order valence-corrected chi connectivity index (χ1v) is 9.01. The third kappa shape index (κ3) is 2.96. The maximum Gasteiger partial charge on any atom is 0.261 e. The van der Waals surface area contributed by atoms with Crippen LogP contribution in [0.25, 0.3) is 5.57 Å². The van der Waals surface area contributed by atoms with Gasteiger partial charge in [0.2, 0.25) is 0 Å². The van der Waals surface area contributed by atoms with Gasteiger partial charge in [-0.1, -0.05) is 19.1 Å². The fourth-order valence-electron chi connectivity index (χ4n) is 2.17. The lowest BCUT2D eigenvalue weighted by Crippen LogP contribution is -2.27. The van der Waals surface area contributed by atoms with Crippen molar-refractivity contribution in [3.8, 4) is 0 Å². The lowest BCUT2D eigenvalue weighted by molar-refractivity contribution is -0.124. The molecule has 1 aromatic carbocycles. The number of rotatable bonds is 4.